The molecular formula is C24H29N3O2S. The number of carbonyl (C=O) groups excluding carboxylic acids is 1. The summed E-state index contributed by atoms with van der Waals surface area (Å²) in [5.74, 6) is 2.52. The molecule has 1 heterocycles. The van der Waals surface area contributed by atoms with Gasteiger partial charge >= 0.3 is 0 Å². The van der Waals surface area contributed by atoms with Crippen LogP contribution in [0.5, 0.6) is 0 Å². The van der Waals surface area contributed by atoms with Gasteiger partial charge in [0.2, 0.25) is 5.91 Å². The van der Waals surface area contributed by atoms with Crippen LogP contribution in [-0.2, 0) is 4.79 Å². The predicted octanol–water partition coefficient (Wildman–Crippen LogP) is 4.30. The molecule has 0 saturated heterocycles. The van der Waals surface area contributed by atoms with E-state index in [1.165, 1.54) is 31.0 Å². The van der Waals surface area contributed by atoms with Crippen molar-refractivity contribution >= 4 is 28.6 Å². The average Bonchev–Trinajstić information content (AvgIpc) is 3.51. The quantitative estimate of drug-likeness (QED) is 0.575. The van der Waals surface area contributed by atoms with Crippen molar-refractivity contribution < 1.29 is 4.79 Å². The minimum atomic E-state index is -0.268. The average molecular weight is 424 g/mol. The fourth-order valence-electron chi connectivity index (χ4n) is 6.70. The van der Waals surface area contributed by atoms with Crippen molar-refractivity contribution in [3.05, 3.63) is 34.6 Å². The van der Waals surface area contributed by atoms with Crippen LogP contribution in [0.4, 0.5) is 0 Å². The highest BCUT2D eigenvalue weighted by Crippen LogP contribution is 2.55. The molecule has 5 aliphatic rings. The number of amides is 1. The molecular weight excluding hydrogens is 394 g/mol. The molecule has 30 heavy (non-hydrogen) atoms. The Morgan fingerprint density at radius 2 is 1.77 bits per heavy atom. The fraction of sp³-hybridized carbons (Fsp3) is 0.625. The largest absolute Gasteiger partial charge is 0.350 e. The Bertz CT molecular complexity index is 1040. The summed E-state index contributed by atoms with van der Waals surface area (Å²) in [6.45, 7) is 1.96. The second-order valence-corrected chi connectivity index (χ2v) is 11.6. The third kappa shape index (κ3) is 3.19. The summed E-state index contributed by atoms with van der Waals surface area (Å²) >= 11 is 1.44. The molecule has 1 N–H and O–H groups in total. The second-order valence-electron chi connectivity index (χ2n) is 10.3. The van der Waals surface area contributed by atoms with E-state index in [9.17, 15) is 9.59 Å². The third-order valence-corrected chi connectivity index (χ3v) is 8.83. The van der Waals surface area contributed by atoms with Crippen LogP contribution in [0.15, 0.2) is 34.2 Å². The van der Waals surface area contributed by atoms with Gasteiger partial charge in [-0.2, -0.15) is 0 Å². The molecule has 158 valence electrons. The number of nitrogens with zero attached hydrogens (tertiary/aromatic N) is 2. The number of aromatic nitrogens is 2. The summed E-state index contributed by atoms with van der Waals surface area (Å²) < 4.78 is 1.83. The summed E-state index contributed by atoms with van der Waals surface area (Å²) in [4.78, 5) is 31.1. The van der Waals surface area contributed by atoms with Crippen LogP contribution in [-0.4, -0.2) is 26.2 Å². The molecule has 4 bridgehead atoms. The van der Waals surface area contributed by atoms with E-state index in [4.69, 9.17) is 4.98 Å². The molecule has 0 spiro atoms. The highest BCUT2D eigenvalue weighted by molar-refractivity contribution is 8.00. The maximum absolute atomic E-state index is 13.2. The molecule has 1 amide bonds. The maximum atomic E-state index is 13.2. The van der Waals surface area contributed by atoms with Gasteiger partial charge in [-0.3, -0.25) is 14.2 Å². The van der Waals surface area contributed by atoms with E-state index in [0.29, 0.717) is 10.5 Å². The van der Waals surface area contributed by atoms with Crippen molar-refractivity contribution in [2.45, 2.75) is 80.3 Å². The van der Waals surface area contributed by atoms with Gasteiger partial charge in [0, 0.05) is 11.6 Å². The fourth-order valence-corrected chi connectivity index (χ4v) is 7.68. The van der Waals surface area contributed by atoms with Gasteiger partial charge in [-0.1, -0.05) is 23.9 Å². The number of carbonyl (C=O) groups is 1. The smallest absolute Gasteiger partial charge is 0.262 e. The van der Waals surface area contributed by atoms with Crippen LogP contribution in [0.3, 0.4) is 0 Å². The maximum Gasteiger partial charge on any atom is 0.262 e. The van der Waals surface area contributed by atoms with Gasteiger partial charge in [0.15, 0.2) is 5.16 Å². The van der Waals surface area contributed by atoms with Crippen LogP contribution in [0.2, 0.25) is 0 Å². The molecule has 1 atom stereocenters. The zero-order chi connectivity index (χ0) is 20.5. The minimum absolute atomic E-state index is 0.0215. The van der Waals surface area contributed by atoms with Gasteiger partial charge in [0.1, 0.15) is 0 Å². The topological polar surface area (TPSA) is 64.0 Å². The van der Waals surface area contributed by atoms with Gasteiger partial charge in [-0.05, 0) is 88.2 Å². The van der Waals surface area contributed by atoms with Crippen molar-refractivity contribution in [1.29, 1.82) is 0 Å². The Hall–Kier alpha value is -1.82. The van der Waals surface area contributed by atoms with Crippen molar-refractivity contribution in [2.75, 3.05) is 0 Å². The number of para-hydroxylation sites is 1. The molecule has 0 aliphatic heterocycles. The molecule has 0 radical (unpaired) electrons. The van der Waals surface area contributed by atoms with Gasteiger partial charge < -0.3 is 5.32 Å². The Kier molecular flexibility index (Phi) is 4.31. The first kappa shape index (κ1) is 18.9. The first-order chi connectivity index (χ1) is 14.5. The lowest BCUT2D eigenvalue weighted by molar-refractivity contribution is -0.126. The van der Waals surface area contributed by atoms with E-state index < -0.39 is 0 Å². The van der Waals surface area contributed by atoms with Crippen LogP contribution < -0.4 is 10.9 Å². The first-order valence-electron chi connectivity index (χ1n) is 11.5. The standard InChI is InChI=1S/C24H29N3O2S/c1-14(21(28)26-24-11-15-8-16(12-24)10-17(9-15)13-24)30-23-25-20-5-3-2-4-19(20)22(29)27(23)18-6-7-18/h2-5,14-18H,6-13H2,1H3,(H,26,28)/t14-,15?,16?,17?,24?/m0/s1. The Labute approximate surface area is 181 Å². The molecule has 5 saturated carbocycles. The number of rotatable bonds is 5. The Morgan fingerprint density at radius 1 is 1.13 bits per heavy atom. The van der Waals surface area contributed by atoms with Crippen molar-refractivity contribution in [1.82, 2.24) is 14.9 Å². The van der Waals surface area contributed by atoms with E-state index >= 15 is 0 Å². The zero-order valence-electron chi connectivity index (χ0n) is 17.5. The van der Waals surface area contributed by atoms with Crippen molar-refractivity contribution in [3.8, 4) is 0 Å². The number of nitrogens with one attached hydrogen (secondary N) is 1. The summed E-state index contributed by atoms with van der Waals surface area (Å²) in [7, 11) is 0. The molecule has 2 aromatic rings. The zero-order valence-corrected chi connectivity index (χ0v) is 18.3. The van der Waals surface area contributed by atoms with Gasteiger partial charge in [0.05, 0.1) is 16.2 Å². The molecule has 5 nitrogen and oxygen atoms in total. The van der Waals surface area contributed by atoms with E-state index in [1.54, 1.807) is 0 Å². The van der Waals surface area contributed by atoms with Crippen LogP contribution in [0.25, 0.3) is 10.9 Å². The van der Waals surface area contributed by atoms with Crippen LogP contribution >= 0.6 is 11.8 Å². The number of benzene rings is 1. The number of hydrogen-bond donors (Lipinski definition) is 1. The second kappa shape index (κ2) is 6.84. The van der Waals surface area contributed by atoms with E-state index in [-0.39, 0.29) is 28.3 Å². The summed E-state index contributed by atoms with van der Waals surface area (Å²) in [6.07, 6.45) is 9.61. The highest BCUT2D eigenvalue weighted by Gasteiger charge is 2.51. The predicted molar refractivity (Wildman–Crippen MR) is 119 cm³/mol. The van der Waals surface area contributed by atoms with E-state index in [0.717, 1.165) is 55.4 Å². The number of fused-ring (bicyclic) bond motifs is 1. The van der Waals surface area contributed by atoms with Crippen LogP contribution in [0, 0.1) is 17.8 Å². The summed E-state index contributed by atoms with van der Waals surface area (Å²) in [5, 5.41) is 4.57. The number of thioether (sulfide) groups is 1. The first-order valence-corrected chi connectivity index (χ1v) is 12.4. The Balaban J connectivity index is 1.25. The lowest BCUT2D eigenvalue weighted by Gasteiger charge is -2.57. The van der Waals surface area contributed by atoms with Crippen LogP contribution in [0.1, 0.15) is 64.3 Å². The molecule has 1 aromatic carbocycles. The van der Waals surface area contributed by atoms with E-state index in [2.05, 4.69) is 5.32 Å². The van der Waals surface area contributed by atoms with Gasteiger partial charge in [-0.25, -0.2) is 4.98 Å². The monoisotopic (exact) mass is 423 g/mol. The minimum Gasteiger partial charge on any atom is -0.350 e. The molecule has 6 heteroatoms. The molecule has 5 aliphatic carbocycles. The summed E-state index contributed by atoms with van der Waals surface area (Å²) in [6, 6.07) is 7.76. The molecule has 1 aromatic heterocycles. The van der Waals surface area contributed by atoms with Gasteiger partial charge in [0.25, 0.3) is 5.56 Å². The number of hydrogen-bond acceptors (Lipinski definition) is 4. The SMILES string of the molecule is C[C@H](Sc1nc2ccccc2c(=O)n1C1CC1)C(=O)NC12CC3CC(CC(C3)C1)C2. The molecule has 0 unspecified atom stereocenters. The lowest BCUT2D eigenvalue weighted by Crippen LogP contribution is -2.60. The van der Waals surface area contributed by atoms with E-state index in [1.807, 2.05) is 35.8 Å². The van der Waals surface area contributed by atoms with Gasteiger partial charge in [-0.15, -0.1) is 0 Å². The third-order valence-electron chi connectivity index (χ3n) is 7.77. The summed E-state index contributed by atoms with van der Waals surface area (Å²) in [5.41, 5.74) is 0.767. The Morgan fingerprint density at radius 3 is 2.40 bits per heavy atom. The normalized spacial score (nSPS) is 33.0. The molecule has 5 fully saturated rings. The van der Waals surface area contributed by atoms with Crippen molar-refractivity contribution in [3.63, 3.8) is 0 Å². The highest BCUT2D eigenvalue weighted by atomic mass is 32.2. The molecule has 7 rings (SSSR count). The lowest BCUT2D eigenvalue weighted by atomic mass is 9.53. The van der Waals surface area contributed by atoms with Crippen molar-refractivity contribution in [2.24, 2.45) is 17.8 Å².